The fourth-order valence-corrected chi connectivity index (χ4v) is 4.41. The molecule has 0 aromatic rings. The Bertz CT molecular complexity index is 696. The second-order valence-corrected chi connectivity index (χ2v) is 8.71. The number of carboxylic acid groups (broad SMARTS) is 1. The SMILES string of the molecule is CC[C@H](C)C(=O)O[C@H]1CC(O)C=C2C=C[C@H](C)[C@H](CC[C@@H](O)CC(=O)CC(=O)O)C21. The number of aliphatic hydroxyl groups is 2. The van der Waals surface area contributed by atoms with Crippen LogP contribution in [-0.4, -0.2) is 51.4 Å². The van der Waals surface area contributed by atoms with Crippen molar-refractivity contribution in [2.75, 3.05) is 0 Å². The van der Waals surface area contributed by atoms with Crippen molar-refractivity contribution in [3.8, 4) is 0 Å². The summed E-state index contributed by atoms with van der Waals surface area (Å²) < 4.78 is 5.82. The van der Waals surface area contributed by atoms with E-state index >= 15 is 0 Å². The Hall–Kier alpha value is -1.99. The molecule has 2 unspecified atom stereocenters. The molecule has 2 aliphatic rings. The van der Waals surface area contributed by atoms with Gasteiger partial charge < -0.3 is 20.1 Å². The van der Waals surface area contributed by atoms with Crippen molar-refractivity contribution >= 4 is 17.7 Å². The molecule has 168 valence electrons. The number of hydrogen-bond acceptors (Lipinski definition) is 6. The van der Waals surface area contributed by atoms with Gasteiger partial charge >= 0.3 is 11.9 Å². The van der Waals surface area contributed by atoms with E-state index in [1.807, 2.05) is 19.9 Å². The summed E-state index contributed by atoms with van der Waals surface area (Å²) in [5.41, 5.74) is 0.940. The van der Waals surface area contributed by atoms with Crippen LogP contribution in [0.4, 0.5) is 0 Å². The smallest absolute Gasteiger partial charge is 0.310 e. The van der Waals surface area contributed by atoms with Gasteiger partial charge in [-0.2, -0.15) is 0 Å². The maximum absolute atomic E-state index is 12.4. The van der Waals surface area contributed by atoms with Crippen molar-refractivity contribution in [2.24, 2.45) is 23.7 Å². The topological polar surface area (TPSA) is 121 Å². The number of carbonyl (C=O) groups is 3. The summed E-state index contributed by atoms with van der Waals surface area (Å²) in [6, 6.07) is 0. The first kappa shape index (κ1) is 24.3. The maximum Gasteiger partial charge on any atom is 0.310 e. The highest BCUT2D eigenvalue weighted by Gasteiger charge is 2.42. The van der Waals surface area contributed by atoms with Gasteiger partial charge in [0.2, 0.25) is 0 Å². The number of carboxylic acids is 1. The number of hydrogen-bond donors (Lipinski definition) is 3. The molecule has 0 aliphatic heterocycles. The molecular weight excluding hydrogens is 388 g/mol. The molecule has 7 atom stereocenters. The average Bonchev–Trinajstić information content (AvgIpc) is 2.65. The van der Waals surface area contributed by atoms with E-state index in [4.69, 9.17) is 9.84 Å². The lowest BCUT2D eigenvalue weighted by Crippen LogP contribution is -2.43. The van der Waals surface area contributed by atoms with E-state index < -0.39 is 36.5 Å². The van der Waals surface area contributed by atoms with Gasteiger partial charge in [-0.05, 0) is 36.7 Å². The van der Waals surface area contributed by atoms with Gasteiger partial charge in [0, 0.05) is 18.8 Å². The number of aliphatic hydroxyl groups excluding tert-OH is 2. The minimum absolute atomic E-state index is 0.0766. The van der Waals surface area contributed by atoms with Crippen LogP contribution in [-0.2, 0) is 19.1 Å². The Balaban J connectivity index is 2.10. The fourth-order valence-electron chi connectivity index (χ4n) is 4.41. The predicted molar refractivity (Wildman–Crippen MR) is 110 cm³/mol. The lowest BCUT2D eigenvalue weighted by molar-refractivity contribution is -0.159. The van der Waals surface area contributed by atoms with Gasteiger partial charge in [0.15, 0.2) is 0 Å². The van der Waals surface area contributed by atoms with Crippen LogP contribution in [0.2, 0.25) is 0 Å². The molecule has 2 rings (SSSR count). The number of Topliss-reactive ketones (excluding diaryl/α,β-unsaturated/α-hetero) is 1. The zero-order valence-electron chi connectivity index (χ0n) is 18.0. The first-order chi connectivity index (χ1) is 14.1. The summed E-state index contributed by atoms with van der Waals surface area (Å²) in [5, 5.41) is 29.2. The quantitative estimate of drug-likeness (QED) is 0.365. The molecule has 0 heterocycles. The number of aliphatic carboxylic acids is 1. The minimum atomic E-state index is -1.19. The summed E-state index contributed by atoms with van der Waals surface area (Å²) in [4.78, 5) is 34.7. The van der Waals surface area contributed by atoms with E-state index in [9.17, 15) is 24.6 Å². The van der Waals surface area contributed by atoms with Crippen molar-refractivity contribution < 1.29 is 34.4 Å². The van der Waals surface area contributed by atoms with Gasteiger partial charge in [-0.1, -0.05) is 39.0 Å². The number of carbonyl (C=O) groups excluding carboxylic acids is 2. The normalized spacial score (nSPS) is 30.0. The molecule has 0 amide bonds. The van der Waals surface area contributed by atoms with E-state index in [-0.39, 0.29) is 36.1 Å². The highest BCUT2D eigenvalue weighted by Crippen LogP contribution is 2.44. The van der Waals surface area contributed by atoms with Crippen LogP contribution in [0.1, 0.15) is 59.3 Å². The van der Waals surface area contributed by atoms with E-state index in [1.54, 1.807) is 6.08 Å². The van der Waals surface area contributed by atoms with E-state index in [0.717, 1.165) is 5.57 Å². The molecule has 0 aromatic carbocycles. The zero-order chi connectivity index (χ0) is 22.4. The molecule has 0 bridgehead atoms. The molecule has 3 N–H and O–H groups in total. The largest absolute Gasteiger partial charge is 0.481 e. The van der Waals surface area contributed by atoms with Crippen molar-refractivity contribution in [3.63, 3.8) is 0 Å². The number of allylic oxidation sites excluding steroid dienone is 2. The zero-order valence-corrected chi connectivity index (χ0v) is 18.0. The van der Waals surface area contributed by atoms with Crippen LogP contribution in [0.3, 0.4) is 0 Å². The van der Waals surface area contributed by atoms with Gasteiger partial charge in [-0.15, -0.1) is 0 Å². The van der Waals surface area contributed by atoms with Crippen LogP contribution in [0.5, 0.6) is 0 Å². The number of ketones is 1. The van der Waals surface area contributed by atoms with Gasteiger partial charge in [-0.25, -0.2) is 0 Å². The molecule has 0 spiro atoms. The first-order valence-corrected chi connectivity index (χ1v) is 10.8. The standard InChI is InChI=1S/C23H34O7/c1-4-13(2)23(29)30-20-11-17(25)9-15-6-5-14(3)19(22(15)20)8-7-16(24)10-18(26)12-21(27)28/h5-6,9,13-14,16-17,19-20,22,24-25H,4,7-8,10-12H2,1-3H3,(H,27,28)/t13-,14-,16+,17?,19-,20-,22?/m0/s1. The Morgan fingerprint density at radius 2 is 2.00 bits per heavy atom. The molecule has 0 aromatic heterocycles. The second-order valence-electron chi connectivity index (χ2n) is 8.71. The van der Waals surface area contributed by atoms with Crippen LogP contribution < -0.4 is 0 Å². The van der Waals surface area contributed by atoms with Gasteiger partial charge in [-0.3, -0.25) is 14.4 Å². The van der Waals surface area contributed by atoms with Gasteiger partial charge in [0.1, 0.15) is 18.3 Å². The molecule has 0 radical (unpaired) electrons. The molecule has 2 aliphatic carbocycles. The highest BCUT2D eigenvalue weighted by molar-refractivity contribution is 5.94. The van der Waals surface area contributed by atoms with Gasteiger partial charge in [0.05, 0.1) is 18.1 Å². The van der Waals surface area contributed by atoms with Gasteiger partial charge in [0.25, 0.3) is 0 Å². The van der Waals surface area contributed by atoms with Crippen LogP contribution in [0.15, 0.2) is 23.8 Å². The Morgan fingerprint density at radius 1 is 1.30 bits per heavy atom. The summed E-state index contributed by atoms with van der Waals surface area (Å²) in [7, 11) is 0. The number of fused-ring (bicyclic) bond motifs is 1. The molecule has 7 nitrogen and oxygen atoms in total. The molecule has 0 saturated heterocycles. The Labute approximate surface area is 177 Å². The Morgan fingerprint density at radius 3 is 2.63 bits per heavy atom. The first-order valence-electron chi connectivity index (χ1n) is 10.8. The lowest BCUT2D eigenvalue weighted by atomic mass is 9.66. The van der Waals surface area contributed by atoms with Crippen molar-refractivity contribution in [3.05, 3.63) is 23.8 Å². The molecule has 0 saturated carbocycles. The average molecular weight is 423 g/mol. The van der Waals surface area contributed by atoms with Crippen LogP contribution in [0, 0.1) is 23.7 Å². The third kappa shape index (κ3) is 6.51. The van der Waals surface area contributed by atoms with Crippen molar-refractivity contribution in [1.29, 1.82) is 0 Å². The molecule has 30 heavy (non-hydrogen) atoms. The number of ether oxygens (including phenoxy) is 1. The fraction of sp³-hybridized carbons (Fsp3) is 0.696. The van der Waals surface area contributed by atoms with Crippen molar-refractivity contribution in [2.45, 2.75) is 77.6 Å². The minimum Gasteiger partial charge on any atom is -0.481 e. The third-order valence-electron chi connectivity index (χ3n) is 6.30. The molecule has 7 heteroatoms. The maximum atomic E-state index is 12.4. The third-order valence-corrected chi connectivity index (χ3v) is 6.30. The monoisotopic (exact) mass is 422 g/mol. The predicted octanol–water partition coefficient (Wildman–Crippen LogP) is 2.65. The summed E-state index contributed by atoms with van der Waals surface area (Å²) >= 11 is 0. The summed E-state index contributed by atoms with van der Waals surface area (Å²) in [6.45, 7) is 5.82. The summed E-state index contributed by atoms with van der Waals surface area (Å²) in [6.07, 6.45) is 5.03. The van der Waals surface area contributed by atoms with E-state index in [1.165, 1.54) is 0 Å². The molecule has 0 fully saturated rings. The van der Waals surface area contributed by atoms with Crippen LogP contribution >= 0.6 is 0 Å². The number of esters is 1. The second kappa shape index (κ2) is 10.9. The van der Waals surface area contributed by atoms with E-state index in [2.05, 4.69) is 13.0 Å². The van der Waals surface area contributed by atoms with Crippen molar-refractivity contribution in [1.82, 2.24) is 0 Å². The highest BCUT2D eigenvalue weighted by atomic mass is 16.5. The molecular formula is C23H34O7. The lowest BCUT2D eigenvalue weighted by Gasteiger charge is -2.43. The summed E-state index contributed by atoms with van der Waals surface area (Å²) in [5.74, 6) is -2.00. The van der Waals surface area contributed by atoms with E-state index in [0.29, 0.717) is 25.7 Å². The number of rotatable bonds is 10. The Kier molecular flexibility index (Phi) is 8.79. The van der Waals surface area contributed by atoms with Crippen LogP contribution in [0.25, 0.3) is 0 Å².